The summed E-state index contributed by atoms with van der Waals surface area (Å²) >= 11 is 1.34. The zero-order chi connectivity index (χ0) is 12.3. The fraction of sp³-hybridized carbons (Fsp3) is 0.700. The molecule has 0 aromatic carbocycles. The van der Waals surface area contributed by atoms with Gasteiger partial charge in [-0.2, -0.15) is 13.2 Å². The van der Waals surface area contributed by atoms with Gasteiger partial charge in [0.2, 0.25) is 0 Å². The maximum atomic E-state index is 11.9. The third kappa shape index (κ3) is 3.93. The molecule has 7 heteroatoms. The molecule has 0 spiro atoms. The third-order valence-electron chi connectivity index (χ3n) is 2.48. The first-order valence-electron chi connectivity index (χ1n) is 5.37. The average molecular weight is 266 g/mol. The number of hydrogen-bond donors (Lipinski definition) is 1. The van der Waals surface area contributed by atoms with Gasteiger partial charge >= 0.3 is 6.18 Å². The molecule has 1 saturated heterocycles. The highest BCUT2D eigenvalue weighted by Gasteiger charge is 2.27. The van der Waals surface area contributed by atoms with Gasteiger partial charge in [-0.3, -0.25) is 0 Å². The van der Waals surface area contributed by atoms with Crippen molar-refractivity contribution in [2.24, 2.45) is 0 Å². The van der Waals surface area contributed by atoms with E-state index in [1.165, 1.54) is 11.3 Å². The van der Waals surface area contributed by atoms with Crippen LogP contribution in [0.25, 0.3) is 0 Å². The molecule has 1 aliphatic rings. The highest BCUT2D eigenvalue weighted by molar-refractivity contribution is 7.09. The summed E-state index contributed by atoms with van der Waals surface area (Å²) in [5.41, 5.74) is 0.915. The molecule has 1 N–H and O–H groups in total. The van der Waals surface area contributed by atoms with Gasteiger partial charge in [0.05, 0.1) is 18.3 Å². The van der Waals surface area contributed by atoms with Crippen molar-refractivity contribution in [3.63, 3.8) is 0 Å². The van der Waals surface area contributed by atoms with Gasteiger partial charge in [-0.15, -0.1) is 11.3 Å². The summed E-state index contributed by atoms with van der Waals surface area (Å²) in [6.07, 6.45) is -2.12. The fourth-order valence-corrected chi connectivity index (χ4v) is 2.53. The van der Waals surface area contributed by atoms with Crippen LogP contribution in [0.15, 0.2) is 5.38 Å². The second-order valence-corrected chi connectivity index (χ2v) is 4.87. The van der Waals surface area contributed by atoms with Gasteiger partial charge in [-0.05, 0) is 19.4 Å². The van der Waals surface area contributed by atoms with Crippen molar-refractivity contribution >= 4 is 11.3 Å². The Balaban J connectivity index is 1.81. The molecular formula is C10H13F3N2OS. The molecule has 1 fully saturated rings. The molecule has 0 amide bonds. The van der Waals surface area contributed by atoms with Crippen molar-refractivity contribution in [2.75, 3.05) is 13.2 Å². The van der Waals surface area contributed by atoms with Crippen LogP contribution in [0.1, 0.15) is 29.6 Å². The van der Waals surface area contributed by atoms with Crippen molar-refractivity contribution < 1.29 is 17.9 Å². The molecule has 1 aromatic heterocycles. The van der Waals surface area contributed by atoms with E-state index < -0.39 is 12.8 Å². The van der Waals surface area contributed by atoms with E-state index in [9.17, 15) is 13.2 Å². The van der Waals surface area contributed by atoms with Crippen LogP contribution in [0.5, 0.6) is 0 Å². The number of alkyl halides is 3. The standard InChI is InChI=1S/C10H13F3N2OS/c11-10(12,13)6-16-4-9-15-8(5-17-9)7-2-1-3-14-7/h5,7,14H,1-4,6H2/t7-/m1/s1. The molecule has 17 heavy (non-hydrogen) atoms. The number of nitrogens with one attached hydrogen (secondary N) is 1. The highest BCUT2D eigenvalue weighted by atomic mass is 32.1. The van der Waals surface area contributed by atoms with E-state index in [4.69, 9.17) is 0 Å². The molecule has 1 aromatic rings. The predicted octanol–water partition coefficient (Wildman–Crippen LogP) is 2.65. The molecule has 96 valence electrons. The molecule has 1 atom stereocenters. The Morgan fingerprint density at radius 1 is 1.53 bits per heavy atom. The molecular weight excluding hydrogens is 253 g/mol. The summed E-state index contributed by atoms with van der Waals surface area (Å²) in [6.45, 7) is -0.317. The number of ether oxygens (including phenoxy) is 1. The first-order chi connectivity index (χ1) is 8.04. The Morgan fingerprint density at radius 2 is 2.35 bits per heavy atom. The Hall–Kier alpha value is -0.660. The first kappa shape index (κ1) is 12.8. The maximum Gasteiger partial charge on any atom is 0.411 e. The molecule has 0 unspecified atom stereocenters. The Labute approximate surface area is 101 Å². The summed E-state index contributed by atoms with van der Waals surface area (Å²) in [5, 5.41) is 5.77. The molecule has 0 radical (unpaired) electrons. The van der Waals surface area contributed by atoms with Crippen LogP contribution in [0.2, 0.25) is 0 Å². The number of halogens is 3. The van der Waals surface area contributed by atoms with Gasteiger partial charge in [-0.1, -0.05) is 0 Å². The lowest BCUT2D eigenvalue weighted by atomic mass is 10.2. The molecule has 0 aliphatic carbocycles. The number of aromatic nitrogens is 1. The molecule has 2 heterocycles. The van der Waals surface area contributed by atoms with Crippen molar-refractivity contribution in [1.29, 1.82) is 0 Å². The lowest BCUT2D eigenvalue weighted by molar-refractivity contribution is -0.176. The number of hydrogen-bond acceptors (Lipinski definition) is 4. The van der Waals surface area contributed by atoms with Crippen LogP contribution in [-0.4, -0.2) is 24.3 Å². The van der Waals surface area contributed by atoms with Gasteiger partial charge in [0.1, 0.15) is 11.6 Å². The third-order valence-corrected chi connectivity index (χ3v) is 3.32. The monoisotopic (exact) mass is 266 g/mol. The van der Waals surface area contributed by atoms with Gasteiger partial charge in [0.25, 0.3) is 0 Å². The second-order valence-electron chi connectivity index (χ2n) is 3.92. The molecule has 0 saturated carbocycles. The summed E-state index contributed by atoms with van der Waals surface area (Å²) in [4.78, 5) is 4.28. The fourth-order valence-electron chi connectivity index (χ4n) is 1.74. The maximum absolute atomic E-state index is 11.9. The van der Waals surface area contributed by atoms with E-state index in [-0.39, 0.29) is 12.6 Å². The molecule has 2 rings (SSSR count). The van der Waals surface area contributed by atoms with Crippen molar-refractivity contribution in [1.82, 2.24) is 10.3 Å². The van der Waals surface area contributed by atoms with Gasteiger partial charge < -0.3 is 10.1 Å². The molecule has 3 nitrogen and oxygen atoms in total. The van der Waals surface area contributed by atoms with E-state index in [0.717, 1.165) is 25.1 Å². The average Bonchev–Trinajstić information content (AvgIpc) is 2.83. The number of thiazole rings is 1. The number of nitrogens with zero attached hydrogens (tertiary/aromatic N) is 1. The molecule has 0 bridgehead atoms. The second kappa shape index (κ2) is 5.32. The van der Waals surface area contributed by atoms with Crippen LogP contribution in [0.3, 0.4) is 0 Å². The minimum Gasteiger partial charge on any atom is -0.365 e. The normalized spacial score (nSPS) is 21.0. The summed E-state index contributed by atoms with van der Waals surface area (Å²) in [6, 6.07) is 0.252. The summed E-state index contributed by atoms with van der Waals surface area (Å²) in [7, 11) is 0. The van der Waals surface area contributed by atoms with Crippen LogP contribution in [-0.2, 0) is 11.3 Å². The minimum absolute atomic E-state index is 0.0725. The highest BCUT2D eigenvalue weighted by Crippen LogP contribution is 2.25. The van der Waals surface area contributed by atoms with Crippen molar-refractivity contribution in [2.45, 2.75) is 31.7 Å². The van der Waals surface area contributed by atoms with Gasteiger partial charge in [0.15, 0.2) is 0 Å². The minimum atomic E-state index is -4.27. The lowest BCUT2D eigenvalue weighted by Gasteiger charge is -2.06. The lowest BCUT2D eigenvalue weighted by Crippen LogP contribution is -2.16. The largest absolute Gasteiger partial charge is 0.411 e. The topological polar surface area (TPSA) is 34.1 Å². The van der Waals surface area contributed by atoms with E-state index in [2.05, 4.69) is 15.0 Å². The zero-order valence-corrected chi connectivity index (χ0v) is 9.90. The van der Waals surface area contributed by atoms with E-state index in [1.54, 1.807) is 0 Å². The van der Waals surface area contributed by atoms with Crippen molar-refractivity contribution in [3.8, 4) is 0 Å². The quantitative estimate of drug-likeness (QED) is 0.909. The van der Waals surface area contributed by atoms with E-state index in [1.807, 2.05) is 5.38 Å². The number of rotatable bonds is 4. The molecule has 1 aliphatic heterocycles. The van der Waals surface area contributed by atoms with Crippen LogP contribution in [0.4, 0.5) is 13.2 Å². The van der Waals surface area contributed by atoms with E-state index in [0.29, 0.717) is 5.01 Å². The Morgan fingerprint density at radius 3 is 3.00 bits per heavy atom. The SMILES string of the molecule is FC(F)(F)COCc1nc([C@H]2CCCN2)cs1. The van der Waals surface area contributed by atoms with Crippen LogP contribution < -0.4 is 5.32 Å². The Kier molecular flexibility index (Phi) is 4.01. The summed E-state index contributed by atoms with van der Waals surface area (Å²) < 4.78 is 40.1. The van der Waals surface area contributed by atoms with Gasteiger partial charge in [-0.25, -0.2) is 4.98 Å². The smallest absolute Gasteiger partial charge is 0.365 e. The zero-order valence-electron chi connectivity index (χ0n) is 9.09. The van der Waals surface area contributed by atoms with Crippen molar-refractivity contribution in [3.05, 3.63) is 16.1 Å². The van der Waals surface area contributed by atoms with Crippen LogP contribution in [0, 0.1) is 0 Å². The first-order valence-corrected chi connectivity index (χ1v) is 6.25. The Bertz CT molecular complexity index is 361. The summed E-state index contributed by atoms with van der Waals surface area (Å²) in [5.74, 6) is 0. The van der Waals surface area contributed by atoms with Gasteiger partial charge in [0, 0.05) is 5.38 Å². The predicted molar refractivity (Wildman–Crippen MR) is 57.8 cm³/mol. The van der Waals surface area contributed by atoms with Crippen LogP contribution >= 0.6 is 11.3 Å². The van der Waals surface area contributed by atoms with E-state index >= 15 is 0 Å².